The average molecular weight is 404 g/mol. The van der Waals surface area contributed by atoms with Crippen LogP contribution in [0.4, 0.5) is 0 Å². The van der Waals surface area contributed by atoms with Crippen LogP contribution in [-0.2, 0) is 19.5 Å². The van der Waals surface area contributed by atoms with Crippen LogP contribution in [0.1, 0.15) is 24.8 Å². The Labute approximate surface area is 158 Å². The molecule has 0 spiro atoms. The van der Waals surface area contributed by atoms with E-state index in [1.807, 2.05) is 19.1 Å². The average Bonchev–Trinajstić information content (AvgIpc) is 3.09. The fraction of sp³-hybridized carbons (Fsp3) is 0.647. The molecule has 0 radical (unpaired) electrons. The smallest absolute Gasteiger partial charge is 0.245 e. The van der Waals surface area contributed by atoms with Crippen molar-refractivity contribution in [3.05, 3.63) is 29.8 Å². The molecule has 0 aliphatic carbocycles. The van der Waals surface area contributed by atoms with Crippen LogP contribution in [0, 0.1) is 6.92 Å². The molecular weight excluding hydrogens is 378 g/mol. The molecule has 8 heteroatoms. The van der Waals surface area contributed by atoms with Crippen molar-refractivity contribution in [3.63, 3.8) is 0 Å². The van der Waals surface area contributed by atoms with Crippen molar-refractivity contribution in [2.75, 3.05) is 32.3 Å². The molecule has 140 valence electrons. The van der Waals surface area contributed by atoms with Gasteiger partial charge in [-0.1, -0.05) is 17.7 Å². The van der Waals surface area contributed by atoms with Gasteiger partial charge in [-0.05, 0) is 49.8 Å². The molecule has 2 aliphatic rings. The highest BCUT2D eigenvalue weighted by Gasteiger charge is 2.63. The van der Waals surface area contributed by atoms with E-state index in [1.54, 1.807) is 49.9 Å². The minimum Gasteiger partial charge on any atom is -0.358 e. The van der Waals surface area contributed by atoms with Gasteiger partial charge in [-0.15, -0.1) is 23.5 Å². The molecule has 2 aliphatic heterocycles. The van der Waals surface area contributed by atoms with E-state index in [2.05, 4.69) is 0 Å². The van der Waals surface area contributed by atoms with Crippen LogP contribution in [0.15, 0.2) is 29.2 Å². The van der Waals surface area contributed by atoms with Gasteiger partial charge in [-0.25, -0.2) is 8.42 Å². The highest BCUT2D eigenvalue weighted by atomic mass is 32.2. The molecular formula is C17H25NO4S3. The van der Waals surface area contributed by atoms with Crippen LogP contribution in [0.2, 0.25) is 0 Å². The van der Waals surface area contributed by atoms with E-state index in [0.29, 0.717) is 17.9 Å². The number of ether oxygens (including phenoxy) is 2. The van der Waals surface area contributed by atoms with Crippen LogP contribution in [0.25, 0.3) is 0 Å². The zero-order chi connectivity index (χ0) is 18.1. The van der Waals surface area contributed by atoms with Crippen LogP contribution in [0.3, 0.4) is 0 Å². The van der Waals surface area contributed by atoms with Crippen LogP contribution in [0.5, 0.6) is 0 Å². The summed E-state index contributed by atoms with van der Waals surface area (Å²) < 4.78 is 39.5. The second-order valence-corrected chi connectivity index (χ2v) is 11.0. The minimum atomic E-state index is -3.67. The van der Waals surface area contributed by atoms with Gasteiger partial charge in [0.05, 0.1) is 4.90 Å². The Balaban J connectivity index is 2.06. The molecule has 1 atom stereocenters. The SMILES string of the molecule is COC1(C2(OC)CCCN2S(=O)(=O)c2ccc(C)cc2)SCCCS1. The summed E-state index contributed by atoms with van der Waals surface area (Å²) in [5.41, 5.74) is 0.0337. The molecule has 0 amide bonds. The van der Waals surface area contributed by atoms with Gasteiger partial charge in [0.2, 0.25) is 14.3 Å². The van der Waals surface area contributed by atoms with Crippen LogP contribution < -0.4 is 0 Å². The third-order valence-electron chi connectivity index (χ3n) is 4.85. The molecule has 1 aromatic rings. The second-order valence-electron chi connectivity index (χ2n) is 6.29. The van der Waals surface area contributed by atoms with Gasteiger partial charge in [0.15, 0.2) is 5.72 Å². The zero-order valence-corrected chi connectivity index (χ0v) is 17.3. The van der Waals surface area contributed by atoms with E-state index in [4.69, 9.17) is 9.47 Å². The largest absolute Gasteiger partial charge is 0.358 e. The third-order valence-corrected chi connectivity index (χ3v) is 10.2. The Morgan fingerprint density at radius 2 is 1.68 bits per heavy atom. The summed E-state index contributed by atoms with van der Waals surface area (Å²) in [7, 11) is -0.420. The summed E-state index contributed by atoms with van der Waals surface area (Å²) in [5.74, 6) is 1.87. The van der Waals surface area contributed by atoms with Gasteiger partial charge in [-0.3, -0.25) is 0 Å². The minimum absolute atomic E-state index is 0.304. The van der Waals surface area contributed by atoms with Crippen LogP contribution in [-0.4, -0.2) is 55.0 Å². The Morgan fingerprint density at radius 3 is 2.24 bits per heavy atom. The standard InChI is InChI=1S/C17H25NO4S3/c1-14-6-8-15(9-7-14)25(19,20)18-11-4-10-16(18,21-2)17(22-3)23-12-5-13-24-17/h6-9H,4-5,10-13H2,1-3H3. The lowest BCUT2D eigenvalue weighted by atomic mass is 10.1. The van der Waals surface area contributed by atoms with Gasteiger partial charge >= 0.3 is 0 Å². The van der Waals surface area contributed by atoms with Crippen molar-refractivity contribution in [2.24, 2.45) is 0 Å². The Kier molecular flexibility index (Phi) is 5.78. The molecule has 0 bridgehead atoms. The maximum atomic E-state index is 13.4. The Hall–Kier alpha value is -0.250. The lowest BCUT2D eigenvalue weighted by Crippen LogP contribution is -2.62. The lowest BCUT2D eigenvalue weighted by molar-refractivity contribution is -0.144. The molecule has 5 nitrogen and oxygen atoms in total. The van der Waals surface area contributed by atoms with E-state index < -0.39 is 20.0 Å². The maximum absolute atomic E-state index is 13.4. The highest BCUT2D eigenvalue weighted by Crippen LogP contribution is 2.57. The number of methoxy groups -OCH3 is 2. The summed E-state index contributed by atoms with van der Waals surface area (Å²) in [4.78, 5) is 0.304. The number of hydrogen-bond acceptors (Lipinski definition) is 6. The lowest BCUT2D eigenvalue weighted by Gasteiger charge is -2.50. The molecule has 3 rings (SSSR count). The van der Waals surface area contributed by atoms with Gasteiger partial charge in [0.25, 0.3) is 0 Å². The Morgan fingerprint density at radius 1 is 1.04 bits per heavy atom. The van der Waals surface area contributed by atoms with E-state index in [-0.39, 0.29) is 0 Å². The van der Waals surface area contributed by atoms with Crippen molar-refractivity contribution in [1.82, 2.24) is 4.31 Å². The monoisotopic (exact) mass is 403 g/mol. The first kappa shape index (κ1) is 19.5. The number of benzene rings is 1. The number of aryl methyl sites for hydroxylation is 1. The molecule has 0 aromatic heterocycles. The Bertz CT molecular complexity index is 701. The molecule has 2 fully saturated rings. The first-order valence-corrected chi connectivity index (χ1v) is 11.8. The predicted molar refractivity (Wildman–Crippen MR) is 103 cm³/mol. The first-order valence-electron chi connectivity index (χ1n) is 8.40. The molecule has 1 unspecified atom stereocenters. The molecule has 0 saturated carbocycles. The van der Waals surface area contributed by atoms with Crippen molar-refractivity contribution in [1.29, 1.82) is 0 Å². The van der Waals surface area contributed by atoms with Crippen molar-refractivity contribution >= 4 is 33.5 Å². The topological polar surface area (TPSA) is 55.8 Å². The predicted octanol–water partition coefficient (Wildman–Crippen LogP) is 3.29. The summed E-state index contributed by atoms with van der Waals surface area (Å²) in [6, 6.07) is 7.00. The van der Waals surface area contributed by atoms with Crippen LogP contribution >= 0.6 is 23.5 Å². The summed E-state index contributed by atoms with van der Waals surface area (Å²) in [5, 5.41) is 0. The number of rotatable bonds is 5. The number of thioether (sulfide) groups is 2. The number of sulfonamides is 1. The summed E-state index contributed by atoms with van der Waals surface area (Å²) in [6.45, 7) is 2.39. The quantitative estimate of drug-likeness (QED) is 0.752. The number of nitrogens with zero attached hydrogens (tertiary/aromatic N) is 1. The fourth-order valence-electron chi connectivity index (χ4n) is 3.57. The first-order chi connectivity index (χ1) is 11.9. The fourth-order valence-corrected chi connectivity index (χ4v) is 8.88. The highest BCUT2D eigenvalue weighted by molar-refractivity contribution is 8.18. The molecule has 0 N–H and O–H groups in total. The van der Waals surface area contributed by atoms with E-state index in [1.165, 1.54) is 4.31 Å². The zero-order valence-electron chi connectivity index (χ0n) is 14.9. The normalized spacial score (nSPS) is 27.5. The van der Waals surface area contributed by atoms with E-state index >= 15 is 0 Å². The van der Waals surface area contributed by atoms with Crippen molar-refractivity contribution in [2.45, 2.75) is 41.1 Å². The molecule has 1 aromatic carbocycles. The summed E-state index contributed by atoms with van der Waals surface area (Å²) >= 11 is 3.32. The third kappa shape index (κ3) is 3.15. The maximum Gasteiger partial charge on any atom is 0.245 e. The molecule has 2 saturated heterocycles. The van der Waals surface area contributed by atoms with Crippen molar-refractivity contribution in [3.8, 4) is 0 Å². The van der Waals surface area contributed by atoms with Gasteiger partial charge in [0.1, 0.15) is 0 Å². The second kappa shape index (κ2) is 7.40. The summed E-state index contributed by atoms with van der Waals surface area (Å²) in [6.07, 6.45) is 2.47. The molecule has 2 heterocycles. The van der Waals surface area contributed by atoms with E-state index in [0.717, 1.165) is 29.9 Å². The van der Waals surface area contributed by atoms with Gasteiger partial charge in [-0.2, -0.15) is 4.31 Å². The van der Waals surface area contributed by atoms with E-state index in [9.17, 15) is 8.42 Å². The number of hydrogen-bond donors (Lipinski definition) is 0. The van der Waals surface area contributed by atoms with Gasteiger partial charge < -0.3 is 9.47 Å². The van der Waals surface area contributed by atoms with Gasteiger partial charge in [0, 0.05) is 20.8 Å². The molecule has 25 heavy (non-hydrogen) atoms. The van der Waals surface area contributed by atoms with Crippen molar-refractivity contribution < 1.29 is 17.9 Å².